The Morgan fingerprint density at radius 3 is 2.28 bits per heavy atom. The minimum atomic E-state index is -3.79. The topological polar surface area (TPSA) is 103 Å². The van der Waals surface area contributed by atoms with E-state index in [4.69, 9.17) is 5.26 Å². The van der Waals surface area contributed by atoms with Crippen LogP contribution in [0.15, 0.2) is 84.0 Å². The van der Waals surface area contributed by atoms with Crippen molar-refractivity contribution in [1.29, 1.82) is 5.26 Å². The van der Waals surface area contributed by atoms with E-state index >= 15 is 0 Å². The molecule has 2 aromatic carbocycles. The number of sulfonamides is 1. The first-order chi connectivity index (χ1) is 14.0. The molecule has 0 unspecified atom stereocenters. The molecule has 3 rings (SSSR count). The molecule has 0 fully saturated rings. The maximum Gasteiger partial charge on any atom is 0.261 e. The van der Waals surface area contributed by atoms with E-state index in [1.165, 1.54) is 41.6 Å². The normalized spacial score (nSPS) is 10.7. The van der Waals surface area contributed by atoms with Crippen molar-refractivity contribution < 1.29 is 13.2 Å². The molecule has 0 saturated heterocycles. The summed E-state index contributed by atoms with van der Waals surface area (Å²) >= 11 is 0. The lowest BCUT2D eigenvalue weighted by atomic mass is 10.1. The summed E-state index contributed by atoms with van der Waals surface area (Å²) in [6, 6.07) is 20.0. The lowest BCUT2D eigenvalue weighted by Gasteiger charge is -2.20. The van der Waals surface area contributed by atoms with Gasteiger partial charge in [0, 0.05) is 24.5 Å². The van der Waals surface area contributed by atoms with Gasteiger partial charge in [0.1, 0.15) is 6.54 Å². The molecule has 0 aliphatic carbocycles. The van der Waals surface area contributed by atoms with Crippen molar-refractivity contribution in [3.05, 3.63) is 90.3 Å². The summed E-state index contributed by atoms with van der Waals surface area (Å²) in [5, 5.41) is 9.07. The average molecular weight is 406 g/mol. The zero-order valence-electron chi connectivity index (χ0n) is 15.4. The number of anilines is 1. The van der Waals surface area contributed by atoms with E-state index in [1.54, 1.807) is 12.1 Å². The Morgan fingerprint density at radius 2 is 1.66 bits per heavy atom. The number of nitrogens with zero attached hydrogens (tertiary/aromatic N) is 3. The van der Waals surface area contributed by atoms with Crippen LogP contribution in [0, 0.1) is 11.3 Å². The van der Waals surface area contributed by atoms with Crippen LogP contribution in [0.4, 0.5) is 5.69 Å². The monoisotopic (exact) mass is 406 g/mol. The van der Waals surface area contributed by atoms with Crippen LogP contribution in [0.3, 0.4) is 0 Å². The molecule has 0 radical (unpaired) electrons. The summed E-state index contributed by atoms with van der Waals surface area (Å²) in [5.41, 5.74) is 1.60. The maximum atomic E-state index is 12.8. The number of rotatable bonds is 7. The Balaban J connectivity index is 1.77. The van der Waals surface area contributed by atoms with Crippen LogP contribution >= 0.6 is 0 Å². The number of carbonyl (C=O) groups is 1. The van der Waals surface area contributed by atoms with Gasteiger partial charge in [-0.05, 0) is 42.0 Å². The van der Waals surface area contributed by atoms with Gasteiger partial charge in [-0.2, -0.15) is 5.26 Å². The van der Waals surface area contributed by atoms with E-state index < -0.39 is 10.0 Å². The molecule has 0 aliphatic heterocycles. The summed E-state index contributed by atoms with van der Waals surface area (Å²) in [6.45, 7) is 0.217. The van der Waals surface area contributed by atoms with E-state index in [0.29, 0.717) is 11.3 Å². The van der Waals surface area contributed by atoms with Gasteiger partial charge in [0.2, 0.25) is 0 Å². The number of nitrogens with one attached hydrogen (secondary N) is 1. The quantitative estimate of drug-likeness (QED) is 0.608. The van der Waals surface area contributed by atoms with Crippen LogP contribution in [-0.2, 0) is 16.6 Å². The van der Waals surface area contributed by atoms with Crippen molar-refractivity contribution in [2.45, 2.75) is 11.4 Å². The standard InChI is InChI=1S/C21H18N4O3S/c22-12-15-25(16-17-4-2-1-3-5-17)21(26)18-6-8-20(9-7-18)29(27,28)24-19-10-13-23-14-11-19/h1-11,13-14H,15-16H2,(H,23,24). The lowest BCUT2D eigenvalue weighted by molar-refractivity contribution is 0.0765. The Labute approximate surface area is 169 Å². The molecule has 1 aromatic heterocycles. The maximum absolute atomic E-state index is 12.8. The Bertz CT molecular complexity index is 1110. The number of nitriles is 1. The fourth-order valence-electron chi connectivity index (χ4n) is 2.68. The summed E-state index contributed by atoms with van der Waals surface area (Å²) < 4.78 is 27.4. The number of amides is 1. The highest BCUT2D eigenvalue weighted by atomic mass is 32.2. The van der Waals surface area contributed by atoms with Gasteiger partial charge >= 0.3 is 0 Å². The van der Waals surface area contributed by atoms with E-state index in [0.717, 1.165) is 5.56 Å². The molecule has 29 heavy (non-hydrogen) atoms. The van der Waals surface area contributed by atoms with Crippen molar-refractivity contribution in [3.8, 4) is 6.07 Å². The van der Waals surface area contributed by atoms with Crippen molar-refractivity contribution in [1.82, 2.24) is 9.88 Å². The Morgan fingerprint density at radius 1 is 1.00 bits per heavy atom. The Hall–Kier alpha value is -3.70. The zero-order chi connectivity index (χ0) is 20.7. The van der Waals surface area contributed by atoms with Crippen molar-refractivity contribution >= 4 is 21.6 Å². The van der Waals surface area contributed by atoms with Gasteiger partial charge < -0.3 is 4.90 Å². The first-order valence-corrected chi connectivity index (χ1v) is 10.2. The Kier molecular flexibility index (Phi) is 6.22. The lowest BCUT2D eigenvalue weighted by Crippen LogP contribution is -2.31. The van der Waals surface area contributed by atoms with E-state index in [1.807, 2.05) is 36.4 Å². The third-order valence-electron chi connectivity index (χ3n) is 4.11. The minimum Gasteiger partial charge on any atom is -0.321 e. The van der Waals surface area contributed by atoms with Crippen LogP contribution in [0.5, 0.6) is 0 Å². The van der Waals surface area contributed by atoms with E-state index in [2.05, 4.69) is 9.71 Å². The highest BCUT2D eigenvalue weighted by Gasteiger charge is 2.18. The highest BCUT2D eigenvalue weighted by Crippen LogP contribution is 2.17. The summed E-state index contributed by atoms with van der Waals surface area (Å²) in [5.74, 6) is -0.346. The van der Waals surface area contributed by atoms with Gasteiger partial charge in [0.15, 0.2) is 0 Å². The molecule has 7 nitrogen and oxygen atoms in total. The largest absolute Gasteiger partial charge is 0.321 e. The molecule has 8 heteroatoms. The number of hydrogen-bond acceptors (Lipinski definition) is 5. The highest BCUT2D eigenvalue weighted by molar-refractivity contribution is 7.92. The molecule has 0 saturated carbocycles. The predicted molar refractivity (Wildman–Crippen MR) is 108 cm³/mol. The molecular formula is C21H18N4O3S. The third-order valence-corrected chi connectivity index (χ3v) is 5.51. The van der Waals surface area contributed by atoms with Gasteiger partial charge in [0.25, 0.3) is 15.9 Å². The molecular weight excluding hydrogens is 388 g/mol. The van der Waals surface area contributed by atoms with Crippen LogP contribution in [0.2, 0.25) is 0 Å². The molecule has 0 aliphatic rings. The second-order valence-electron chi connectivity index (χ2n) is 6.17. The predicted octanol–water partition coefficient (Wildman–Crippen LogP) is 3.05. The molecule has 1 amide bonds. The zero-order valence-corrected chi connectivity index (χ0v) is 16.2. The fraction of sp³-hybridized carbons (Fsp3) is 0.0952. The number of carbonyl (C=O) groups excluding carboxylic acids is 1. The molecule has 0 atom stereocenters. The molecule has 146 valence electrons. The minimum absolute atomic E-state index is 0.0285. The number of hydrogen-bond donors (Lipinski definition) is 1. The number of benzene rings is 2. The van der Waals surface area contributed by atoms with Crippen LogP contribution in [-0.4, -0.2) is 30.8 Å². The molecule has 0 bridgehead atoms. The second-order valence-corrected chi connectivity index (χ2v) is 7.85. The summed E-state index contributed by atoms with van der Waals surface area (Å²) in [6.07, 6.45) is 2.96. The van der Waals surface area contributed by atoms with Gasteiger partial charge in [-0.1, -0.05) is 30.3 Å². The first-order valence-electron chi connectivity index (χ1n) is 8.72. The van der Waals surface area contributed by atoms with Crippen molar-refractivity contribution in [3.63, 3.8) is 0 Å². The molecule has 1 N–H and O–H groups in total. The van der Waals surface area contributed by atoms with Gasteiger partial charge in [-0.15, -0.1) is 0 Å². The van der Waals surface area contributed by atoms with Gasteiger partial charge in [-0.25, -0.2) is 8.42 Å². The van der Waals surface area contributed by atoms with Crippen molar-refractivity contribution in [2.75, 3.05) is 11.3 Å². The molecule has 0 spiro atoms. The van der Waals surface area contributed by atoms with Gasteiger partial charge in [0.05, 0.1) is 16.7 Å². The van der Waals surface area contributed by atoms with Crippen LogP contribution in [0.25, 0.3) is 0 Å². The molecule has 3 aromatic rings. The summed E-state index contributed by atoms with van der Waals surface area (Å²) in [7, 11) is -3.79. The number of aromatic nitrogens is 1. The van der Waals surface area contributed by atoms with E-state index in [9.17, 15) is 13.2 Å². The average Bonchev–Trinajstić information content (AvgIpc) is 2.74. The smallest absolute Gasteiger partial charge is 0.261 e. The van der Waals surface area contributed by atoms with E-state index in [-0.39, 0.29) is 23.9 Å². The van der Waals surface area contributed by atoms with Crippen molar-refractivity contribution in [2.24, 2.45) is 0 Å². The second kappa shape index (κ2) is 8.99. The van der Waals surface area contributed by atoms with Crippen LogP contribution < -0.4 is 4.72 Å². The number of pyridine rings is 1. The fourth-order valence-corrected chi connectivity index (χ4v) is 3.74. The first kappa shape index (κ1) is 20.0. The van der Waals surface area contributed by atoms with Crippen LogP contribution in [0.1, 0.15) is 15.9 Å². The molecule has 1 heterocycles. The summed E-state index contributed by atoms with van der Waals surface area (Å²) in [4.78, 5) is 18.1. The van der Waals surface area contributed by atoms with Gasteiger partial charge in [-0.3, -0.25) is 14.5 Å². The SMILES string of the molecule is N#CCN(Cc1ccccc1)C(=O)c1ccc(S(=O)(=O)Nc2ccncc2)cc1. The third kappa shape index (κ3) is 5.18.